The molecule has 0 aliphatic carbocycles. The molecule has 0 spiro atoms. The van der Waals surface area contributed by atoms with Crippen LogP contribution in [0.4, 0.5) is 4.79 Å². The molecule has 3 rings (SSSR count). The highest BCUT2D eigenvalue weighted by Gasteiger charge is 2.22. The smallest absolute Gasteiger partial charge is 0.325 e. The lowest BCUT2D eigenvalue weighted by atomic mass is 10.1. The second kappa shape index (κ2) is 12.3. The number of amides is 2. The van der Waals surface area contributed by atoms with Gasteiger partial charge in [-0.25, -0.2) is 4.79 Å². The van der Waals surface area contributed by atoms with Crippen LogP contribution in [0.2, 0.25) is 0 Å². The summed E-state index contributed by atoms with van der Waals surface area (Å²) in [7, 11) is 0. The van der Waals surface area contributed by atoms with E-state index in [4.69, 9.17) is 9.47 Å². The lowest BCUT2D eigenvalue weighted by Crippen LogP contribution is -2.43. The Kier molecular flexibility index (Phi) is 8.88. The molecule has 0 aliphatic heterocycles. The second-order valence-corrected chi connectivity index (χ2v) is 7.60. The largest absolute Gasteiger partial charge is 0.489 e. The summed E-state index contributed by atoms with van der Waals surface area (Å²) in [4.78, 5) is 26.5. The van der Waals surface area contributed by atoms with Gasteiger partial charge < -0.3 is 19.7 Å². The Labute approximate surface area is 195 Å². The van der Waals surface area contributed by atoms with Crippen LogP contribution in [0.15, 0.2) is 84.9 Å². The van der Waals surface area contributed by atoms with Gasteiger partial charge in [0.15, 0.2) is 0 Å². The Bertz CT molecular complexity index is 1020. The summed E-state index contributed by atoms with van der Waals surface area (Å²) < 4.78 is 10.9. The number of carbonyl (C=O) groups is 2. The quantitative estimate of drug-likeness (QED) is 0.440. The first-order chi connectivity index (χ1) is 16.1. The number of ether oxygens (including phenoxy) is 2. The average molecular weight is 447 g/mol. The SMILES string of the molecule is CCOC(=O)CNC(=O)N(Cc1cccc(OCc2ccccc2)c1)C(C)c1ccccc1. The standard InChI is InChI=1S/C27H30N2O4/c1-3-32-26(30)18-28-27(31)29(21(2)24-14-8-5-9-15-24)19-23-13-10-16-25(17-23)33-20-22-11-6-4-7-12-22/h4-17,21H,3,18-20H2,1-2H3,(H,28,31). The van der Waals surface area contributed by atoms with Gasteiger partial charge in [-0.05, 0) is 42.7 Å². The van der Waals surface area contributed by atoms with Crippen molar-refractivity contribution in [2.24, 2.45) is 0 Å². The fraction of sp³-hybridized carbons (Fsp3) is 0.259. The van der Waals surface area contributed by atoms with Crippen LogP contribution >= 0.6 is 0 Å². The fourth-order valence-electron chi connectivity index (χ4n) is 3.43. The minimum atomic E-state index is -0.463. The third-order valence-corrected chi connectivity index (χ3v) is 5.20. The highest BCUT2D eigenvalue weighted by Crippen LogP contribution is 2.24. The second-order valence-electron chi connectivity index (χ2n) is 7.60. The number of benzene rings is 3. The summed E-state index contributed by atoms with van der Waals surface area (Å²) in [6, 6.07) is 26.9. The molecular weight excluding hydrogens is 416 g/mol. The summed E-state index contributed by atoms with van der Waals surface area (Å²) in [6.07, 6.45) is 0. The third kappa shape index (κ3) is 7.38. The Morgan fingerprint density at radius 2 is 1.58 bits per heavy atom. The molecule has 0 radical (unpaired) electrons. The lowest BCUT2D eigenvalue weighted by molar-refractivity contribution is -0.141. The minimum absolute atomic E-state index is 0.176. The molecule has 3 aromatic rings. The van der Waals surface area contributed by atoms with Gasteiger partial charge in [0.1, 0.15) is 18.9 Å². The van der Waals surface area contributed by atoms with Gasteiger partial charge in [-0.1, -0.05) is 72.8 Å². The number of nitrogens with zero attached hydrogens (tertiary/aromatic N) is 1. The van der Waals surface area contributed by atoms with E-state index < -0.39 is 5.97 Å². The van der Waals surface area contributed by atoms with Crippen molar-refractivity contribution >= 4 is 12.0 Å². The molecule has 0 fully saturated rings. The van der Waals surface area contributed by atoms with Crippen molar-refractivity contribution < 1.29 is 19.1 Å². The van der Waals surface area contributed by atoms with Gasteiger partial charge in [0.2, 0.25) is 0 Å². The van der Waals surface area contributed by atoms with Gasteiger partial charge in [0.05, 0.1) is 12.6 Å². The third-order valence-electron chi connectivity index (χ3n) is 5.20. The predicted octanol–water partition coefficient (Wildman–Crippen LogP) is 5.10. The maximum absolute atomic E-state index is 13.0. The molecule has 0 bridgehead atoms. The Balaban J connectivity index is 1.73. The molecule has 0 aliphatic rings. The molecule has 1 N–H and O–H groups in total. The molecule has 6 nitrogen and oxygen atoms in total. The molecule has 0 saturated carbocycles. The number of esters is 1. The normalized spacial score (nSPS) is 11.3. The van der Waals surface area contributed by atoms with Gasteiger partial charge in [-0.2, -0.15) is 0 Å². The Hall–Kier alpha value is -3.80. The van der Waals surface area contributed by atoms with Gasteiger partial charge in [-0.15, -0.1) is 0 Å². The van der Waals surface area contributed by atoms with Crippen molar-refractivity contribution in [2.45, 2.75) is 33.0 Å². The van der Waals surface area contributed by atoms with Crippen LogP contribution in [0.25, 0.3) is 0 Å². The number of nitrogens with one attached hydrogen (secondary N) is 1. The van der Waals surface area contributed by atoms with E-state index in [9.17, 15) is 9.59 Å². The molecular formula is C27H30N2O4. The average Bonchev–Trinajstić information content (AvgIpc) is 2.86. The van der Waals surface area contributed by atoms with Crippen LogP contribution in [0, 0.1) is 0 Å². The van der Waals surface area contributed by atoms with E-state index in [2.05, 4.69) is 5.32 Å². The first-order valence-electron chi connectivity index (χ1n) is 11.1. The first kappa shape index (κ1) is 23.9. The predicted molar refractivity (Wildman–Crippen MR) is 128 cm³/mol. The van der Waals surface area contributed by atoms with E-state index in [1.54, 1.807) is 11.8 Å². The maximum Gasteiger partial charge on any atom is 0.325 e. The number of rotatable bonds is 10. The van der Waals surface area contributed by atoms with Crippen LogP contribution in [-0.4, -0.2) is 30.1 Å². The van der Waals surface area contributed by atoms with Crippen molar-refractivity contribution in [1.29, 1.82) is 0 Å². The zero-order valence-electron chi connectivity index (χ0n) is 19.1. The minimum Gasteiger partial charge on any atom is -0.489 e. The van der Waals surface area contributed by atoms with Crippen LogP contribution in [-0.2, 0) is 22.7 Å². The highest BCUT2D eigenvalue weighted by atomic mass is 16.5. The Morgan fingerprint density at radius 3 is 2.27 bits per heavy atom. The van der Waals surface area contributed by atoms with Crippen molar-refractivity contribution in [3.63, 3.8) is 0 Å². The van der Waals surface area contributed by atoms with Crippen molar-refractivity contribution in [2.75, 3.05) is 13.2 Å². The Morgan fingerprint density at radius 1 is 0.909 bits per heavy atom. The lowest BCUT2D eigenvalue weighted by Gasteiger charge is -2.30. The van der Waals surface area contributed by atoms with E-state index >= 15 is 0 Å². The van der Waals surface area contributed by atoms with Crippen LogP contribution < -0.4 is 10.1 Å². The number of urea groups is 1. The molecule has 6 heteroatoms. The van der Waals surface area contributed by atoms with E-state index in [1.807, 2.05) is 91.9 Å². The molecule has 172 valence electrons. The number of carbonyl (C=O) groups excluding carboxylic acids is 2. The molecule has 0 heterocycles. The van der Waals surface area contributed by atoms with E-state index in [0.29, 0.717) is 13.2 Å². The van der Waals surface area contributed by atoms with Crippen LogP contribution in [0.5, 0.6) is 5.75 Å². The van der Waals surface area contributed by atoms with Crippen molar-refractivity contribution in [3.8, 4) is 5.75 Å². The first-order valence-corrected chi connectivity index (χ1v) is 11.1. The van der Waals surface area contributed by atoms with E-state index in [-0.39, 0.29) is 25.2 Å². The van der Waals surface area contributed by atoms with E-state index in [0.717, 1.165) is 22.4 Å². The molecule has 3 aromatic carbocycles. The number of hydrogen-bond donors (Lipinski definition) is 1. The number of hydrogen-bond acceptors (Lipinski definition) is 4. The molecule has 33 heavy (non-hydrogen) atoms. The van der Waals surface area contributed by atoms with Gasteiger partial charge >= 0.3 is 12.0 Å². The highest BCUT2D eigenvalue weighted by molar-refractivity contribution is 5.81. The summed E-state index contributed by atoms with van der Waals surface area (Å²) >= 11 is 0. The maximum atomic E-state index is 13.0. The molecule has 0 saturated heterocycles. The van der Waals surface area contributed by atoms with Crippen LogP contribution in [0.3, 0.4) is 0 Å². The summed E-state index contributed by atoms with van der Waals surface area (Å²) in [5.74, 6) is 0.269. The van der Waals surface area contributed by atoms with E-state index in [1.165, 1.54) is 0 Å². The fourth-order valence-corrected chi connectivity index (χ4v) is 3.43. The molecule has 0 aromatic heterocycles. The molecule has 1 unspecified atom stereocenters. The van der Waals surface area contributed by atoms with Crippen molar-refractivity contribution in [3.05, 3.63) is 102 Å². The van der Waals surface area contributed by atoms with Gasteiger partial charge in [0, 0.05) is 6.54 Å². The molecule has 2 amide bonds. The van der Waals surface area contributed by atoms with Crippen LogP contribution in [0.1, 0.15) is 36.6 Å². The summed E-state index contributed by atoms with van der Waals surface area (Å²) in [5.41, 5.74) is 3.01. The van der Waals surface area contributed by atoms with Crippen molar-refractivity contribution in [1.82, 2.24) is 10.2 Å². The zero-order valence-corrected chi connectivity index (χ0v) is 19.1. The molecule has 1 atom stereocenters. The zero-order chi connectivity index (χ0) is 23.5. The monoisotopic (exact) mass is 446 g/mol. The van der Waals surface area contributed by atoms with Gasteiger partial charge in [0.25, 0.3) is 0 Å². The topological polar surface area (TPSA) is 67.9 Å². The summed E-state index contributed by atoms with van der Waals surface area (Å²) in [6.45, 7) is 4.62. The summed E-state index contributed by atoms with van der Waals surface area (Å²) in [5, 5.41) is 2.68. The van der Waals surface area contributed by atoms with Gasteiger partial charge in [-0.3, -0.25) is 4.79 Å².